The predicted molar refractivity (Wildman–Crippen MR) is 65.1 cm³/mol. The van der Waals surface area contributed by atoms with Gasteiger partial charge in [-0.1, -0.05) is 18.2 Å². The van der Waals surface area contributed by atoms with Gasteiger partial charge in [-0.3, -0.25) is 0 Å². The topological polar surface area (TPSA) is 46.6 Å². The van der Waals surface area contributed by atoms with E-state index in [0.29, 0.717) is 18.0 Å². The maximum atomic E-state index is 12.5. The second-order valence-corrected chi connectivity index (χ2v) is 6.06. The molecule has 5 heteroatoms. The minimum atomic E-state index is -3.43. The van der Waals surface area contributed by atoms with Gasteiger partial charge >= 0.3 is 0 Å². The number of hydrogen-bond acceptors (Lipinski definition) is 3. The fraction of sp³-hybridized carbons (Fsp3) is 0.500. The molecule has 1 heterocycles. The molecule has 1 aromatic carbocycles. The summed E-state index contributed by atoms with van der Waals surface area (Å²) in [6.45, 7) is 4.73. The van der Waals surface area contributed by atoms with Gasteiger partial charge in [-0.05, 0) is 31.9 Å². The lowest BCUT2D eigenvalue weighted by molar-refractivity contribution is -0.0410. The van der Waals surface area contributed by atoms with Gasteiger partial charge in [-0.15, -0.1) is 0 Å². The summed E-state index contributed by atoms with van der Waals surface area (Å²) >= 11 is 0. The van der Waals surface area contributed by atoms with Crippen molar-refractivity contribution in [3.05, 3.63) is 29.8 Å². The van der Waals surface area contributed by atoms with E-state index >= 15 is 0 Å². The van der Waals surface area contributed by atoms with Crippen LogP contribution in [0.4, 0.5) is 0 Å². The fourth-order valence-corrected chi connectivity index (χ4v) is 3.83. The van der Waals surface area contributed by atoms with Crippen molar-refractivity contribution < 1.29 is 13.2 Å². The predicted octanol–water partition coefficient (Wildman–Crippen LogP) is 1.75. The highest BCUT2D eigenvalue weighted by molar-refractivity contribution is 7.89. The quantitative estimate of drug-likeness (QED) is 0.809. The van der Waals surface area contributed by atoms with Crippen LogP contribution < -0.4 is 0 Å². The number of sulfonamides is 1. The van der Waals surface area contributed by atoms with Gasteiger partial charge in [-0.2, -0.15) is 4.31 Å². The summed E-state index contributed by atoms with van der Waals surface area (Å²) in [5.74, 6) is 0. The zero-order chi connectivity index (χ0) is 12.5. The minimum Gasteiger partial charge on any atom is -0.362 e. The molecule has 1 aliphatic rings. The van der Waals surface area contributed by atoms with Gasteiger partial charge in [0, 0.05) is 13.2 Å². The van der Waals surface area contributed by atoms with Gasteiger partial charge in [0.1, 0.15) is 6.23 Å². The van der Waals surface area contributed by atoms with Crippen LogP contribution in [-0.4, -0.2) is 32.1 Å². The number of hydrogen-bond donors (Lipinski definition) is 0. The normalized spacial score (nSPS) is 22.6. The van der Waals surface area contributed by atoms with E-state index in [2.05, 4.69) is 0 Å². The highest BCUT2D eigenvalue weighted by Crippen LogP contribution is 2.23. The Labute approximate surface area is 102 Å². The molecule has 0 radical (unpaired) electrons. The molecule has 0 aromatic heterocycles. The minimum absolute atomic E-state index is 0.373. The Morgan fingerprint density at radius 3 is 2.71 bits per heavy atom. The largest absolute Gasteiger partial charge is 0.362 e. The monoisotopic (exact) mass is 255 g/mol. The summed E-state index contributed by atoms with van der Waals surface area (Å²) in [5.41, 5.74) is 0.769. The summed E-state index contributed by atoms with van der Waals surface area (Å²) in [4.78, 5) is 0.373. The van der Waals surface area contributed by atoms with Crippen molar-refractivity contribution in [2.75, 3.05) is 13.2 Å². The van der Waals surface area contributed by atoms with Crippen molar-refractivity contribution in [3.63, 3.8) is 0 Å². The van der Waals surface area contributed by atoms with E-state index in [1.54, 1.807) is 19.1 Å². The first-order valence-corrected chi connectivity index (χ1v) is 7.16. The lowest BCUT2D eigenvalue weighted by Gasteiger charge is -2.32. The second kappa shape index (κ2) is 4.76. The van der Waals surface area contributed by atoms with Crippen molar-refractivity contribution in [2.45, 2.75) is 31.4 Å². The molecule has 0 saturated carbocycles. The smallest absolute Gasteiger partial charge is 0.245 e. The SMILES string of the molecule is Cc1ccccc1S(=O)(=O)N1CCCOC1C. The molecule has 1 aliphatic heterocycles. The molecule has 0 N–H and O–H groups in total. The highest BCUT2D eigenvalue weighted by atomic mass is 32.2. The number of nitrogens with zero attached hydrogens (tertiary/aromatic N) is 1. The molecule has 4 nitrogen and oxygen atoms in total. The Bertz CT molecular complexity index is 498. The lowest BCUT2D eigenvalue weighted by atomic mass is 10.2. The second-order valence-electron chi connectivity index (χ2n) is 4.20. The highest BCUT2D eigenvalue weighted by Gasteiger charge is 2.32. The van der Waals surface area contributed by atoms with Crippen molar-refractivity contribution >= 4 is 10.0 Å². The standard InChI is InChI=1S/C12H17NO3S/c1-10-6-3-4-7-12(10)17(14,15)13-8-5-9-16-11(13)2/h3-4,6-7,11H,5,8-9H2,1-2H3. The van der Waals surface area contributed by atoms with E-state index in [1.807, 2.05) is 19.1 Å². The van der Waals surface area contributed by atoms with Gasteiger partial charge in [0.15, 0.2) is 0 Å². The molecular formula is C12H17NO3S. The van der Waals surface area contributed by atoms with E-state index in [0.717, 1.165) is 12.0 Å². The average Bonchev–Trinajstić information content (AvgIpc) is 2.29. The molecule has 0 bridgehead atoms. The molecule has 1 saturated heterocycles. The number of rotatable bonds is 2. The third kappa shape index (κ3) is 2.36. The van der Waals surface area contributed by atoms with Gasteiger partial charge in [-0.25, -0.2) is 8.42 Å². The van der Waals surface area contributed by atoms with Gasteiger partial charge in [0.25, 0.3) is 0 Å². The van der Waals surface area contributed by atoms with Crippen LogP contribution in [0, 0.1) is 6.92 Å². The van der Waals surface area contributed by atoms with E-state index in [9.17, 15) is 8.42 Å². The molecule has 94 valence electrons. The Hall–Kier alpha value is -0.910. The molecule has 1 atom stereocenters. The van der Waals surface area contributed by atoms with Crippen LogP contribution in [0.2, 0.25) is 0 Å². The third-order valence-corrected chi connectivity index (χ3v) is 5.08. The zero-order valence-corrected chi connectivity index (χ0v) is 10.9. The van der Waals surface area contributed by atoms with Crippen molar-refractivity contribution in [1.82, 2.24) is 4.31 Å². The molecule has 17 heavy (non-hydrogen) atoms. The van der Waals surface area contributed by atoms with Crippen LogP contribution in [-0.2, 0) is 14.8 Å². The summed E-state index contributed by atoms with van der Waals surface area (Å²) < 4.78 is 31.7. The molecular weight excluding hydrogens is 238 g/mol. The van der Waals surface area contributed by atoms with E-state index < -0.39 is 10.0 Å². The van der Waals surface area contributed by atoms with E-state index in [1.165, 1.54) is 4.31 Å². The molecule has 0 spiro atoms. The molecule has 1 aromatic rings. The Kier molecular flexibility index (Phi) is 3.51. The molecule has 0 aliphatic carbocycles. The van der Waals surface area contributed by atoms with Crippen LogP contribution in [0.25, 0.3) is 0 Å². The Morgan fingerprint density at radius 1 is 1.35 bits per heavy atom. The third-order valence-electron chi connectivity index (χ3n) is 2.97. The first kappa shape index (κ1) is 12.5. The fourth-order valence-electron chi connectivity index (χ4n) is 2.03. The van der Waals surface area contributed by atoms with E-state index in [4.69, 9.17) is 4.74 Å². The van der Waals surface area contributed by atoms with Gasteiger partial charge in [0.05, 0.1) is 4.90 Å². The van der Waals surface area contributed by atoms with Crippen molar-refractivity contribution in [1.29, 1.82) is 0 Å². The van der Waals surface area contributed by atoms with Crippen LogP contribution >= 0.6 is 0 Å². The maximum Gasteiger partial charge on any atom is 0.245 e. The van der Waals surface area contributed by atoms with Crippen molar-refractivity contribution in [2.24, 2.45) is 0 Å². The Morgan fingerprint density at radius 2 is 2.06 bits per heavy atom. The summed E-state index contributed by atoms with van der Waals surface area (Å²) in [6.07, 6.45) is 0.364. The van der Waals surface area contributed by atoms with E-state index in [-0.39, 0.29) is 6.23 Å². The zero-order valence-electron chi connectivity index (χ0n) is 10.1. The van der Waals surface area contributed by atoms with Crippen LogP contribution in [0.15, 0.2) is 29.2 Å². The van der Waals surface area contributed by atoms with Gasteiger partial charge < -0.3 is 4.74 Å². The summed E-state index contributed by atoms with van der Waals surface area (Å²) in [5, 5.41) is 0. The number of aryl methyl sites for hydroxylation is 1. The van der Waals surface area contributed by atoms with Crippen LogP contribution in [0.5, 0.6) is 0 Å². The Balaban J connectivity index is 2.39. The first-order chi connectivity index (χ1) is 8.03. The molecule has 1 fully saturated rings. The first-order valence-electron chi connectivity index (χ1n) is 5.72. The van der Waals surface area contributed by atoms with Crippen LogP contribution in [0.1, 0.15) is 18.9 Å². The number of benzene rings is 1. The molecule has 1 unspecified atom stereocenters. The lowest BCUT2D eigenvalue weighted by Crippen LogP contribution is -2.44. The summed E-state index contributed by atoms with van der Waals surface area (Å²) in [7, 11) is -3.43. The molecule has 0 amide bonds. The number of ether oxygens (including phenoxy) is 1. The summed E-state index contributed by atoms with van der Waals surface area (Å²) in [6, 6.07) is 7.04. The molecule has 2 rings (SSSR count). The van der Waals surface area contributed by atoms with Gasteiger partial charge in [0.2, 0.25) is 10.0 Å². The van der Waals surface area contributed by atoms with Crippen molar-refractivity contribution in [3.8, 4) is 0 Å². The van der Waals surface area contributed by atoms with Crippen LogP contribution in [0.3, 0.4) is 0 Å². The maximum absolute atomic E-state index is 12.5. The average molecular weight is 255 g/mol.